The minimum Gasteiger partial charge on any atom is -0.455 e. The fourth-order valence-electron chi connectivity index (χ4n) is 3.76. The molecule has 0 aliphatic carbocycles. The number of hydrogen-bond acceptors (Lipinski definition) is 8. The number of ether oxygens (including phenoxy) is 1. The Morgan fingerprint density at radius 1 is 1.06 bits per heavy atom. The number of anilines is 1. The molecule has 12 heteroatoms. The standard InChI is InChI=1S/C19H26N4O7S/c1-31(28,29)22-8-6-15(7-9-22)19(25)30-14-18(24)21-12-10-20(11-13-21)16-2-4-17(5-3-16)23(26)27/h2-5,15H,6-14H2,1H3. The quantitative estimate of drug-likeness (QED) is 0.344. The van der Waals surface area contributed by atoms with Crippen LogP contribution in [-0.2, 0) is 24.3 Å². The Kier molecular flexibility index (Phi) is 7.11. The predicted octanol–water partition coefficient (Wildman–Crippen LogP) is 0.458. The summed E-state index contributed by atoms with van der Waals surface area (Å²) in [5.74, 6) is -1.14. The highest BCUT2D eigenvalue weighted by Crippen LogP contribution is 2.22. The third-order valence-electron chi connectivity index (χ3n) is 5.65. The maximum absolute atomic E-state index is 12.4. The van der Waals surface area contributed by atoms with E-state index in [4.69, 9.17) is 4.74 Å². The van der Waals surface area contributed by atoms with Gasteiger partial charge in [0.25, 0.3) is 11.6 Å². The largest absolute Gasteiger partial charge is 0.455 e. The summed E-state index contributed by atoms with van der Waals surface area (Å²) in [7, 11) is -3.26. The van der Waals surface area contributed by atoms with Crippen molar-refractivity contribution < 1.29 is 27.7 Å². The van der Waals surface area contributed by atoms with E-state index in [1.54, 1.807) is 17.0 Å². The molecule has 2 aliphatic heterocycles. The lowest BCUT2D eigenvalue weighted by Gasteiger charge is -2.36. The number of nitro groups is 1. The van der Waals surface area contributed by atoms with Crippen LogP contribution in [0.15, 0.2) is 24.3 Å². The van der Waals surface area contributed by atoms with E-state index in [1.807, 2.05) is 4.90 Å². The Bertz CT molecular complexity index is 919. The molecule has 2 heterocycles. The van der Waals surface area contributed by atoms with Crippen molar-refractivity contribution in [3.8, 4) is 0 Å². The van der Waals surface area contributed by atoms with Crippen LogP contribution in [0.4, 0.5) is 11.4 Å². The first-order valence-corrected chi connectivity index (χ1v) is 11.9. The van der Waals surface area contributed by atoms with Crippen molar-refractivity contribution in [1.82, 2.24) is 9.21 Å². The first-order chi connectivity index (χ1) is 14.6. The lowest BCUT2D eigenvalue weighted by molar-refractivity contribution is -0.384. The van der Waals surface area contributed by atoms with Gasteiger partial charge in [-0.2, -0.15) is 0 Å². The summed E-state index contributed by atoms with van der Waals surface area (Å²) in [6, 6.07) is 6.28. The third kappa shape index (κ3) is 5.91. The molecule has 1 amide bonds. The third-order valence-corrected chi connectivity index (χ3v) is 6.96. The molecule has 0 spiro atoms. The number of nitrogens with zero attached hydrogens (tertiary/aromatic N) is 4. The van der Waals surface area contributed by atoms with Crippen LogP contribution in [0.1, 0.15) is 12.8 Å². The van der Waals surface area contributed by atoms with Gasteiger partial charge in [-0.15, -0.1) is 0 Å². The smallest absolute Gasteiger partial charge is 0.309 e. The molecule has 31 heavy (non-hydrogen) atoms. The van der Waals surface area contributed by atoms with Crippen molar-refractivity contribution in [3.05, 3.63) is 34.4 Å². The van der Waals surface area contributed by atoms with Crippen LogP contribution < -0.4 is 4.90 Å². The molecule has 0 atom stereocenters. The highest BCUT2D eigenvalue weighted by molar-refractivity contribution is 7.88. The maximum Gasteiger partial charge on any atom is 0.309 e. The molecule has 0 saturated carbocycles. The summed E-state index contributed by atoms with van der Waals surface area (Å²) in [5, 5.41) is 10.8. The average Bonchev–Trinajstić information content (AvgIpc) is 2.77. The molecule has 2 saturated heterocycles. The fraction of sp³-hybridized carbons (Fsp3) is 0.579. The van der Waals surface area contributed by atoms with Gasteiger partial charge in [0.05, 0.1) is 17.1 Å². The fourth-order valence-corrected chi connectivity index (χ4v) is 4.64. The SMILES string of the molecule is CS(=O)(=O)N1CCC(C(=O)OCC(=O)N2CCN(c3ccc([N+](=O)[O-])cc3)CC2)CC1. The van der Waals surface area contributed by atoms with E-state index in [2.05, 4.69) is 0 Å². The van der Waals surface area contributed by atoms with Crippen LogP contribution in [-0.4, -0.2) is 86.6 Å². The molecule has 0 N–H and O–H groups in total. The number of carbonyl (C=O) groups is 2. The molecule has 0 radical (unpaired) electrons. The second kappa shape index (κ2) is 9.60. The number of piperazine rings is 1. The zero-order chi connectivity index (χ0) is 22.6. The van der Waals surface area contributed by atoms with Gasteiger partial charge in [0.15, 0.2) is 6.61 Å². The number of nitro benzene ring substituents is 1. The lowest BCUT2D eigenvalue weighted by atomic mass is 9.98. The van der Waals surface area contributed by atoms with Crippen LogP contribution in [0.5, 0.6) is 0 Å². The summed E-state index contributed by atoms with van der Waals surface area (Å²) < 4.78 is 29.6. The van der Waals surface area contributed by atoms with E-state index in [9.17, 15) is 28.1 Å². The second-order valence-corrected chi connectivity index (χ2v) is 9.67. The van der Waals surface area contributed by atoms with E-state index < -0.39 is 26.8 Å². The summed E-state index contributed by atoms with van der Waals surface area (Å²) >= 11 is 0. The number of carbonyl (C=O) groups excluding carboxylic acids is 2. The van der Waals surface area contributed by atoms with E-state index in [1.165, 1.54) is 16.4 Å². The Morgan fingerprint density at radius 3 is 2.16 bits per heavy atom. The van der Waals surface area contributed by atoms with Crippen molar-refractivity contribution in [2.45, 2.75) is 12.8 Å². The number of sulfonamides is 1. The normalized spacial score (nSPS) is 18.6. The van der Waals surface area contributed by atoms with Crippen LogP contribution in [0.25, 0.3) is 0 Å². The number of amides is 1. The first kappa shape index (κ1) is 22.9. The van der Waals surface area contributed by atoms with Gasteiger partial charge in [0.1, 0.15) is 0 Å². The molecule has 1 aromatic carbocycles. The topological polar surface area (TPSA) is 130 Å². The van der Waals surface area contributed by atoms with Gasteiger partial charge in [-0.05, 0) is 25.0 Å². The summed E-state index contributed by atoms with van der Waals surface area (Å²) in [6.07, 6.45) is 1.91. The Morgan fingerprint density at radius 2 is 1.65 bits per heavy atom. The molecule has 0 bridgehead atoms. The molecule has 11 nitrogen and oxygen atoms in total. The molecule has 0 unspecified atom stereocenters. The molecular weight excluding hydrogens is 428 g/mol. The molecule has 1 aromatic rings. The molecule has 2 fully saturated rings. The highest BCUT2D eigenvalue weighted by Gasteiger charge is 2.30. The number of rotatable bonds is 6. The lowest BCUT2D eigenvalue weighted by Crippen LogP contribution is -2.50. The molecule has 170 valence electrons. The van der Waals surface area contributed by atoms with E-state index >= 15 is 0 Å². The van der Waals surface area contributed by atoms with Crippen molar-refractivity contribution in [2.24, 2.45) is 5.92 Å². The number of piperidine rings is 1. The number of non-ortho nitro benzene ring substituents is 1. The Hall–Kier alpha value is -2.73. The van der Waals surface area contributed by atoms with Gasteiger partial charge in [-0.3, -0.25) is 19.7 Å². The van der Waals surface area contributed by atoms with Crippen LogP contribution in [0, 0.1) is 16.0 Å². The Balaban J connectivity index is 1.41. The highest BCUT2D eigenvalue weighted by atomic mass is 32.2. The maximum atomic E-state index is 12.4. The first-order valence-electron chi connectivity index (χ1n) is 10.0. The zero-order valence-corrected chi connectivity index (χ0v) is 18.1. The summed E-state index contributed by atoms with van der Waals surface area (Å²) in [5.41, 5.74) is 0.880. The van der Waals surface area contributed by atoms with Gasteiger partial charge in [-0.25, -0.2) is 12.7 Å². The van der Waals surface area contributed by atoms with Crippen molar-refractivity contribution in [1.29, 1.82) is 0 Å². The van der Waals surface area contributed by atoms with Crippen molar-refractivity contribution >= 4 is 33.3 Å². The van der Waals surface area contributed by atoms with Gasteiger partial charge >= 0.3 is 5.97 Å². The van der Waals surface area contributed by atoms with Gasteiger partial charge in [0, 0.05) is 57.1 Å². The van der Waals surface area contributed by atoms with E-state index in [0.29, 0.717) is 39.0 Å². The zero-order valence-electron chi connectivity index (χ0n) is 17.3. The van der Waals surface area contributed by atoms with Crippen LogP contribution >= 0.6 is 0 Å². The number of hydrogen-bond donors (Lipinski definition) is 0. The van der Waals surface area contributed by atoms with E-state index in [-0.39, 0.29) is 31.3 Å². The molecule has 3 rings (SSSR count). The van der Waals surface area contributed by atoms with Gasteiger partial charge in [-0.1, -0.05) is 0 Å². The average molecular weight is 455 g/mol. The number of esters is 1. The minimum absolute atomic E-state index is 0.0290. The Labute approximate surface area is 180 Å². The summed E-state index contributed by atoms with van der Waals surface area (Å²) in [6.45, 7) is 2.28. The van der Waals surface area contributed by atoms with Crippen LogP contribution in [0.2, 0.25) is 0 Å². The monoisotopic (exact) mass is 454 g/mol. The van der Waals surface area contributed by atoms with Gasteiger partial charge in [0.2, 0.25) is 10.0 Å². The summed E-state index contributed by atoms with van der Waals surface area (Å²) in [4.78, 5) is 38.6. The molecule has 0 aromatic heterocycles. The predicted molar refractivity (Wildman–Crippen MR) is 112 cm³/mol. The van der Waals surface area contributed by atoms with Crippen LogP contribution in [0.3, 0.4) is 0 Å². The van der Waals surface area contributed by atoms with Crippen molar-refractivity contribution in [3.63, 3.8) is 0 Å². The number of benzene rings is 1. The van der Waals surface area contributed by atoms with E-state index in [0.717, 1.165) is 11.9 Å². The van der Waals surface area contributed by atoms with Crippen molar-refractivity contribution in [2.75, 3.05) is 57.0 Å². The molecular formula is C19H26N4O7S. The second-order valence-electron chi connectivity index (χ2n) is 7.69. The van der Waals surface area contributed by atoms with Gasteiger partial charge < -0.3 is 14.5 Å². The molecule has 2 aliphatic rings. The minimum atomic E-state index is -3.26.